The molecule has 0 saturated carbocycles. The second kappa shape index (κ2) is 8.53. The minimum atomic E-state index is -0.723. The Morgan fingerprint density at radius 2 is 1.81 bits per heavy atom. The minimum absolute atomic E-state index is 0.0190. The zero-order chi connectivity index (χ0) is 22.0. The smallest absolute Gasteiger partial charge is 0.257 e. The van der Waals surface area contributed by atoms with E-state index >= 15 is 0 Å². The van der Waals surface area contributed by atoms with Crippen molar-refractivity contribution >= 4 is 23.4 Å². The fourth-order valence-electron chi connectivity index (χ4n) is 4.80. The normalized spacial score (nSPS) is 21.0. The van der Waals surface area contributed by atoms with Gasteiger partial charge in [0.15, 0.2) is 0 Å². The highest BCUT2D eigenvalue weighted by Gasteiger charge is 2.52. The van der Waals surface area contributed by atoms with Crippen LogP contribution in [0.1, 0.15) is 61.4 Å². The number of carbonyl (C=O) groups is 3. The molecule has 3 amide bonds. The van der Waals surface area contributed by atoms with Crippen LogP contribution < -0.4 is 10.2 Å². The zero-order valence-corrected chi connectivity index (χ0v) is 18.1. The quantitative estimate of drug-likeness (QED) is 0.744. The number of amides is 3. The predicted octanol–water partition coefficient (Wildman–Crippen LogP) is 3.69. The standard InChI is InChI=1S/C25H29N3O3/c1-3-18(19-9-5-4-6-10-19)17-26-22(29)14-16-27-24(31)20-11-7-8-12-21(20)28-23(30)13-15-25(27,28)2/h4-12,18H,3,13-17H2,1-2H3,(H,26,29)/t18-,25-/m1/s1. The van der Waals surface area contributed by atoms with Crippen molar-refractivity contribution in [2.24, 2.45) is 0 Å². The van der Waals surface area contributed by atoms with Crippen molar-refractivity contribution in [3.63, 3.8) is 0 Å². The molecule has 6 nitrogen and oxygen atoms in total. The van der Waals surface area contributed by atoms with Crippen LogP contribution in [0.25, 0.3) is 0 Å². The van der Waals surface area contributed by atoms with Crippen molar-refractivity contribution in [2.45, 2.75) is 51.1 Å². The van der Waals surface area contributed by atoms with Crippen molar-refractivity contribution in [1.29, 1.82) is 0 Å². The number of fused-ring (bicyclic) bond motifs is 3. The number of para-hydroxylation sites is 1. The summed E-state index contributed by atoms with van der Waals surface area (Å²) < 4.78 is 0. The fourth-order valence-corrected chi connectivity index (χ4v) is 4.80. The van der Waals surface area contributed by atoms with Gasteiger partial charge in [0, 0.05) is 31.8 Å². The van der Waals surface area contributed by atoms with E-state index in [0.717, 1.165) is 6.42 Å². The molecule has 4 rings (SSSR count). The number of hydrogen-bond donors (Lipinski definition) is 1. The summed E-state index contributed by atoms with van der Waals surface area (Å²) in [6.45, 7) is 4.88. The van der Waals surface area contributed by atoms with Gasteiger partial charge in [0.25, 0.3) is 5.91 Å². The van der Waals surface area contributed by atoms with Crippen LogP contribution in [0.2, 0.25) is 0 Å². The maximum atomic E-state index is 13.2. The Hall–Kier alpha value is -3.15. The SMILES string of the molecule is CC[C@H](CNC(=O)CCN1C(=O)c2ccccc2N2C(=O)CC[C@]12C)c1ccccc1. The van der Waals surface area contributed by atoms with Crippen molar-refractivity contribution in [2.75, 3.05) is 18.0 Å². The first-order chi connectivity index (χ1) is 15.0. The maximum Gasteiger partial charge on any atom is 0.257 e. The molecule has 2 aliphatic rings. The van der Waals surface area contributed by atoms with Crippen LogP contribution in [0.15, 0.2) is 54.6 Å². The van der Waals surface area contributed by atoms with E-state index in [1.807, 2.05) is 37.3 Å². The lowest BCUT2D eigenvalue weighted by Crippen LogP contribution is -2.62. The first-order valence-corrected chi connectivity index (χ1v) is 11.0. The predicted molar refractivity (Wildman–Crippen MR) is 120 cm³/mol. The third-order valence-electron chi connectivity index (χ3n) is 6.62. The number of carbonyl (C=O) groups excluding carboxylic acids is 3. The lowest BCUT2D eigenvalue weighted by atomic mass is 9.96. The molecular formula is C25H29N3O3. The van der Waals surface area contributed by atoms with Gasteiger partial charge in [0.1, 0.15) is 5.66 Å². The molecule has 2 aromatic carbocycles. The Kier molecular flexibility index (Phi) is 5.81. The van der Waals surface area contributed by atoms with Gasteiger partial charge in [-0.15, -0.1) is 0 Å². The van der Waals surface area contributed by atoms with Gasteiger partial charge in [0.05, 0.1) is 11.3 Å². The molecule has 6 heteroatoms. The largest absolute Gasteiger partial charge is 0.355 e. The molecule has 2 heterocycles. The molecule has 1 fully saturated rings. The average molecular weight is 420 g/mol. The minimum Gasteiger partial charge on any atom is -0.355 e. The summed E-state index contributed by atoms with van der Waals surface area (Å²) in [6.07, 6.45) is 2.10. The fraction of sp³-hybridized carbons (Fsp3) is 0.400. The van der Waals surface area contributed by atoms with E-state index in [1.165, 1.54) is 5.56 Å². The number of hydrogen-bond acceptors (Lipinski definition) is 3. The van der Waals surface area contributed by atoms with Crippen LogP contribution in [-0.2, 0) is 9.59 Å². The van der Waals surface area contributed by atoms with Gasteiger partial charge in [-0.1, -0.05) is 49.4 Å². The lowest BCUT2D eigenvalue weighted by Gasteiger charge is -2.48. The summed E-state index contributed by atoms with van der Waals surface area (Å²) in [7, 11) is 0. The molecule has 0 unspecified atom stereocenters. The van der Waals surface area contributed by atoms with Crippen LogP contribution in [0.3, 0.4) is 0 Å². The molecule has 2 aliphatic heterocycles. The van der Waals surface area contributed by atoms with Crippen LogP contribution in [0.5, 0.6) is 0 Å². The Bertz CT molecular complexity index is 991. The molecule has 0 aromatic heterocycles. The summed E-state index contributed by atoms with van der Waals surface area (Å²) in [4.78, 5) is 41.9. The summed E-state index contributed by atoms with van der Waals surface area (Å²) >= 11 is 0. The number of nitrogens with zero attached hydrogens (tertiary/aromatic N) is 2. The van der Waals surface area contributed by atoms with E-state index in [1.54, 1.807) is 21.9 Å². The molecule has 2 atom stereocenters. The highest BCUT2D eigenvalue weighted by Crippen LogP contribution is 2.43. The van der Waals surface area contributed by atoms with E-state index in [2.05, 4.69) is 24.4 Å². The molecule has 0 spiro atoms. The Morgan fingerprint density at radius 1 is 1.10 bits per heavy atom. The molecule has 0 bridgehead atoms. The molecule has 2 aromatic rings. The van der Waals surface area contributed by atoms with E-state index in [4.69, 9.17) is 0 Å². The zero-order valence-electron chi connectivity index (χ0n) is 18.1. The van der Waals surface area contributed by atoms with Gasteiger partial charge in [-0.3, -0.25) is 19.3 Å². The van der Waals surface area contributed by atoms with E-state index in [-0.39, 0.29) is 36.6 Å². The molecule has 31 heavy (non-hydrogen) atoms. The van der Waals surface area contributed by atoms with Crippen LogP contribution in [0, 0.1) is 0 Å². The highest BCUT2D eigenvalue weighted by atomic mass is 16.2. The summed E-state index contributed by atoms with van der Waals surface area (Å²) in [5.41, 5.74) is 1.68. The van der Waals surface area contributed by atoms with E-state index in [9.17, 15) is 14.4 Å². The Labute approximate surface area is 183 Å². The Balaban J connectivity index is 1.44. The first kappa shape index (κ1) is 21.1. The van der Waals surface area contributed by atoms with Crippen LogP contribution in [-0.4, -0.2) is 41.4 Å². The van der Waals surface area contributed by atoms with Gasteiger partial charge in [0.2, 0.25) is 11.8 Å². The first-order valence-electron chi connectivity index (χ1n) is 11.0. The monoisotopic (exact) mass is 419 g/mol. The highest BCUT2D eigenvalue weighted by molar-refractivity contribution is 6.10. The summed E-state index contributed by atoms with van der Waals surface area (Å²) in [5.74, 6) is 0.0766. The number of benzene rings is 2. The second-order valence-corrected chi connectivity index (χ2v) is 8.49. The second-order valence-electron chi connectivity index (χ2n) is 8.49. The molecule has 1 saturated heterocycles. The maximum absolute atomic E-state index is 13.2. The van der Waals surface area contributed by atoms with Gasteiger partial charge >= 0.3 is 0 Å². The molecular weight excluding hydrogens is 390 g/mol. The van der Waals surface area contributed by atoms with Crippen LogP contribution >= 0.6 is 0 Å². The van der Waals surface area contributed by atoms with Gasteiger partial charge in [-0.2, -0.15) is 0 Å². The lowest BCUT2D eigenvalue weighted by molar-refractivity contribution is -0.121. The number of nitrogens with one attached hydrogen (secondary N) is 1. The molecule has 162 valence electrons. The van der Waals surface area contributed by atoms with Crippen molar-refractivity contribution in [3.05, 3.63) is 65.7 Å². The molecule has 1 N–H and O–H groups in total. The topological polar surface area (TPSA) is 69.7 Å². The Morgan fingerprint density at radius 3 is 2.55 bits per heavy atom. The number of rotatable bonds is 7. The third-order valence-corrected chi connectivity index (χ3v) is 6.62. The van der Waals surface area contributed by atoms with Crippen molar-refractivity contribution < 1.29 is 14.4 Å². The van der Waals surface area contributed by atoms with Gasteiger partial charge in [-0.25, -0.2) is 0 Å². The molecule has 0 aliphatic carbocycles. The van der Waals surface area contributed by atoms with E-state index < -0.39 is 5.66 Å². The van der Waals surface area contributed by atoms with Crippen molar-refractivity contribution in [1.82, 2.24) is 10.2 Å². The van der Waals surface area contributed by atoms with Gasteiger partial charge in [-0.05, 0) is 37.5 Å². The average Bonchev–Trinajstić information content (AvgIpc) is 3.10. The molecule has 0 radical (unpaired) electrons. The summed E-state index contributed by atoms with van der Waals surface area (Å²) in [6, 6.07) is 17.4. The van der Waals surface area contributed by atoms with E-state index in [0.29, 0.717) is 30.6 Å². The summed E-state index contributed by atoms with van der Waals surface area (Å²) in [5, 5.41) is 3.03. The van der Waals surface area contributed by atoms with Crippen LogP contribution in [0.4, 0.5) is 5.69 Å². The van der Waals surface area contributed by atoms with Gasteiger partial charge < -0.3 is 10.2 Å². The van der Waals surface area contributed by atoms with Crippen molar-refractivity contribution in [3.8, 4) is 0 Å². The number of anilines is 1. The third kappa shape index (κ3) is 3.82.